The third-order valence-corrected chi connectivity index (χ3v) is 1.74. The molecule has 5 heteroatoms. The molecule has 0 aromatic carbocycles. The molecule has 0 saturated heterocycles. The van der Waals surface area contributed by atoms with Gasteiger partial charge in [0.05, 0.1) is 0 Å². The van der Waals surface area contributed by atoms with E-state index in [1.165, 1.54) is 0 Å². The molecule has 0 aliphatic rings. The number of nitrogens with two attached hydrogens (primary N) is 1. The van der Waals surface area contributed by atoms with E-state index < -0.39 is 5.91 Å². The van der Waals surface area contributed by atoms with Crippen molar-refractivity contribution < 1.29 is 9.53 Å². The quantitative estimate of drug-likeness (QED) is 0.779. The molecule has 15 heavy (non-hydrogen) atoms. The van der Waals surface area contributed by atoms with Gasteiger partial charge < -0.3 is 10.5 Å². The Labute approximate surface area is 87.5 Å². The molecular formula is C10H10N3O2. The minimum absolute atomic E-state index is 0.0923. The van der Waals surface area contributed by atoms with Crippen molar-refractivity contribution in [1.82, 2.24) is 4.98 Å². The highest BCUT2D eigenvalue weighted by atomic mass is 16.5. The summed E-state index contributed by atoms with van der Waals surface area (Å²) in [6, 6.07) is 3.36. The molecule has 77 valence electrons. The molecular weight excluding hydrogens is 194 g/mol. The summed E-state index contributed by atoms with van der Waals surface area (Å²) in [5.74, 6) is -0.534. The lowest BCUT2D eigenvalue weighted by molar-refractivity contribution is 0.0996. The first-order valence-corrected chi connectivity index (χ1v) is 4.28. The maximum Gasteiger partial charge on any atom is 0.254 e. The van der Waals surface area contributed by atoms with Gasteiger partial charge in [-0.25, -0.2) is 4.98 Å². The Morgan fingerprint density at radius 3 is 3.07 bits per heavy atom. The maximum absolute atomic E-state index is 11.1. The van der Waals surface area contributed by atoms with E-state index in [2.05, 4.69) is 4.98 Å². The second kappa shape index (κ2) is 4.96. The second-order valence-corrected chi connectivity index (χ2v) is 2.72. The summed E-state index contributed by atoms with van der Waals surface area (Å²) in [5.41, 5.74) is 6.11. The van der Waals surface area contributed by atoms with Gasteiger partial charge in [0.25, 0.3) is 5.91 Å². The Morgan fingerprint density at radius 2 is 2.53 bits per heavy atom. The number of nitriles is 1. The van der Waals surface area contributed by atoms with Gasteiger partial charge in [-0.2, -0.15) is 5.26 Å². The number of amides is 1. The van der Waals surface area contributed by atoms with Crippen LogP contribution in [-0.4, -0.2) is 17.5 Å². The lowest BCUT2D eigenvalue weighted by Gasteiger charge is -2.06. The lowest BCUT2D eigenvalue weighted by Crippen LogP contribution is -2.14. The Kier molecular flexibility index (Phi) is 3.63. The van der Waals surface area contributed by atoms with Crippen molar-refractivity contribution in [2.45, 2.75) is 6.92 Å². The number of hydrogen-bond donors (Lipinski definition) is 1. The van der Waals surface area contributed by atoms with Crippen molar-refractivity contribution in [3.63, 3.8) is 0 Å². The van der Waals surface area contributed by atoms with Crippen LogP contribution in [0.3, 0.4) is 0 Å². The molecule has 1 heterocycles. The number of hydrogen-bond acceptors (Lipinski definition) is 4. The van der Waals surface area contributed by atoms with Gasteiger partial charge in [-0.15, -0.1) is 0 Å². The fraction of sp³-hybridized carbons (Fsp3) is 0.200. The topological polar surface area (TPSA) is 89.0 Å². The van der Waals surface area contributed by atoms with E-state index in [1.54, 1.807) is 24.8 Å². The summed E-state index contributed by atoms with van der Waals surface area (Å²) in [7, 11) is 0. The SMILES string of the molecule is C[CH]c1cnc(OCC#N)c(C(N)=O)c1. The summed E-state index contributed by atoms with van der Waals surface area (Å²) < 4.78 is 4.96. The van der Waals surface area contributed by atoms with Gasteiger partial charge in [0.15, 0.2) is 6.61 Å². The third-order valence-electron chi connectivity index (χ3n) is 1.74. The second-order valence-electron chi connectivity index (χ2n) is 2.72. The average molecular weight is 204 g/mol. The minimum Gasteiger partial charge on any atom is -0.462 e. The van der Waals surface area contributed by atoms with Crippen LogP contribution >= 0.6 is 0 Å². The Morgan fingerprint density at radius 1 is 1.80 bits per heavy atom. The van der Waals surface area contributed by atoms with Crippen LogP contribution in [0.15, 0.2) is 12.3 Å². The van der Waals surface area contributed by atoms with Gasteiger partial charge in [0, 0.05) is 6.20 Å². The van der Waals surface area contributed by atoms with Crippen LogP contribution in [0.25, 0.3) is 0 Å². The lowest BCUT2D eigenvalue weighted by atomic mass is 10.1. The fourth-order valence-corrected chi connectivity index (χ4v) is 1.02. The Bertz CT molecular complexity index is 410. The molecule has 0 atom stereocenters. The van der Waals surface area contributed by atoms with E-state index in [9.17, 15) is 4.79 Å². The van der Waals surface area contributed by atoms with Crippen LogP contribution in [0.4, 0.5) is 0 Å². The van der Waals surface area contributed by atoms with E-state index >= 15 is 0 Å². The zero-order valence-corrected chi connectivity index (χ0v) is 8.23. The molecule has 1 amide bonds. The van der Waals surface area contributed by atoms with Crippen molar-refractivity contribution in [2.24, 2.45) is 5.73 Å². The van der Waals surface area contributed by atoms with Gasteiger partial charge >= 0.3 is 0 Å². The average Bonchev–Trinajstić information content (AvgIpc) is 2.26. The van der Waals surface area contributed by atoms with Crippen molar-refractivity contribution in [3.8, 4) is 11.9 Å². The Hall–Kier alpha value is -2.09. The largest absolute Gasteiger partial charge is 0.462 e. The molecule has 0 saturated carbocycles. The van der Waals surface area contributed by atoms with Crippen molar-refractivity contribution in [1.29, 1.82) is 5.26 Å². The third kappa shape index (κ3) is 2.68. The van der Waals surface area contributed by atoms with Crippen LogP contribution in [0.1, 0.15) is 22.8 Å². The van der Waals surface area contributed by atoms with Crippen molar-refractivity contribution in [2.75, 3.05) is 6.61 Å². The first kappa shape index (κ1) is 11.0. The van der Waals surface area contributed by atoms with E-state index in [-0.39, 0.29) is 18.1 Å². The zero-order valence-electron chi connectivity index (χ0n) is 8.23. The van der Waals surface area contributed by atoms with E-state index in [4.69, 9.17) is 15.7 Å². The van der Waals surface area contributed by atoms with Gasteiger partial charge in [0.1, 0.15) is 11.6 Å². The Balaban J connectivity index is 3.05. The van der Waals surface area contributed by atoms with Gasteiger partial charge in [-0.05, 0) is 18.1 Å². The number of primary amides is 1. The molecule has 0 bridgehead atoms. The number of pyridine rings is 1. The summed E-state index contributed by atoms with van der Waals surface area (Å²) >= 11 is 0. The van der Waals surface area contributed by atoms with Crippen molar-refractivity contribution in [3.05, 3.63) is 29.8 Å². The molecule has 0 aliphatic carbocycles. The summed E-state index contributed by atoms with van der Waals surface area (Å²) in [6.07, 6.45) is 3.33. The molecule has 1 aromatic heterocycles. The summed E-state index contributed by atoms with van der Waals surface area (Å²) in [4.78, 5) is 15.0. The van der Waals surface area contributed by atoms with Gasteiger partial charge in [-0.1, -0.05) is 6.92 Å². The minimum atomic E-state index is -0.626. The smallest absolute Gasteiger partial charge is 0.254 e. The summed E-state index contributed by atoms with van der Waals surface area (Å²) in [6.45, 7) is 1.65. The predicted octanol–water partition coefficient (Wildman–Crippen LogP) is 0.655. The highest BCUT2D eigenvalue weighted by molar-refractivity contribution is 5.95. The highest BCUT2D eigenvalue weighted by Gasteiger charge is 2.11. The number of carbonyl (C=O) groups excluding carboxylic acids is 1. The first-order chi connectivity index (χ1) is 7.19. The molecule has 1 aromatic rings. The van der Waals surface area contributed by atoms with Crippen LogP contribution in [0, 0.1) is 17.8 Å². The number of aromatic nitrogens is 1. The molecule has 1 rings (SSSR count). The molecule has 0 spiro atoms. The standard InChI is InChI=1S/C10H10N3O2/c1-2-7-5-8(9(12)14)10(13-6-7)15-4-3-11/h2,5-6H,4H2,1H3,(H2,12,14). The molecule has 0 fully saturated rings. The molecule has 0 unspecified atom stereocenters. The van der Waals surface area contributed by atoms with Gasteiger partial charge in [-0.3, -0.25) is 4.79 Å². The number of rotatable bonds is 4. The van der Waals surface area contributed by atoms with E-state index in [0.29, 0.717) is 0 Å². The summed E-state index contributed by atoms with van der Waals surface area (Å²) in [5, 5.41) is 8.33. The van der Waals surface area contributed by atoms with Crippen molar-refractivity contribution >= 4 is 5.91 Å². The molecule has 1 radical (unpaired) electrons. The highest BCUT2D eigenvalue weighted by Crippen LogP contribution is 2.16. The van der Waals surface area contributed by atoms with Crippen LogP contribution in [0.2, 0.25) is 0 Å². The van der Waals surface area contributed by atoms with Crippen LogP contribution in [-0.2, 0) is 0 Å². The van der Waals surface area contributed by atoms with E-state index in [1.807, 2.05) is 6.92 Å². The van der Waals surface area contributed by atoms with Crippen LogP contribution < -0.4 is 10.5 Å². The normalized spacial score (nSPS) is 9.33. The zero-order chi connectivity index (χ0) is 11.3. The van der Waals surface area contributed by atoms with E-state index in [0.717, 1.165) is 5.56 Å². The predicted molar refractivity (Wildman–Crippen MR) is 52.9 cm³/mol. The maximum atomic E-state index is 11.1. The number of ether oxygens (including phenoxy) is 1. The van der Waals surface area contributed by atoms with Crippen LogP contribution in [0.5, 0.6) is 5.88 Å². The monoisotopic (exact) mass is 204 g/mol. The van der Waals surface area contributed by atoms with Gasteiger partial charge in [0.2, 0.25) is 5.88 Å². The first-order valence-electron chi connectivity index (χ1n) is 4.28. The molecule has 5 nitrogen and oxygen atoms in total. The number of nitrogens with zero attached hydrogens (tertiary/aromatic N) is 2. The number of carbonyl (C=O) groups is 1. The molecule has 0 aliphatic heterocycles. The fourth-order valence-electron chi connectivity index (χ4n) is 1.02. The molecule has 2 N–H and O–H groups in total.